The molecule has 0 bridgehead atoms. The third-order valence-electron chi connectivity index (χ3n) is 3.62. The number of rotatable bonds is 5. The predicted octanol–water partition coefficient (Wildman–Crippen LogP) is 3.32. The number of aromatic nitrogens is 3. The second-order valence-electron chi connectivity index (χ2n) is 5.14. The first-order valence-corrected chi connectivity index (χ1v) is 8.02. The van der Waals surface area contributed by atoms with E-state index in [9.17, 15) is 10.1 Å². The molecular formula is C15H15N5O3S. The number of para-hydroxylation sites is 1. The Kier molecular flexibility index (Phi) is 4.26. The van der Waals surface area contributed by atoms with Crippen molar-refractivity contribution in [2.24, 2.45) is 0 Å². The van der Waals surface area contributed by atoms with Gasteiger partial charge in [-0.05, 0) is 19.9 Å². The van der Waals surface area contributed by atoms with E-state index in [1.165, 1.54) is 22.5 Å². The Morgan fingerprint density at radius 2 is 2.08 bits per heavy atom. The van der Waals surface area contributed by atoms with Gasteiger partial charge >= 0.3 is 0 Å². The normalized spacial score (nSPS) is 12.2. The topological polar surface area (TPSA) is 113 Å². The molecular weight excluding hydrogens is 330 g/mol. The largest absolute Gasteiger partial charge is 0.469 e. The zero-order valence-corrected chi connectivity index (χ0v) is 13.9. The third-order valence-corrected chi connectivity index (χ3v) is 4.71. The molecule has 0 aliphatic heterocycles. The molecule has 2 heterocycles. The van der Waals surface area contributed by atoms with Gasteiger partial charge in [-0.3, -0.25) is 10.1 Å². The van der Waals surface area contributed by atoms with Crippen molar-refractivity contribution in [3.05, 3.63) is 58.0 Å². The van der Waals surface area contributed by atoms with Gasteiger partial charge in [0.05, 0.1) is 16.7 Å². The quantitative estimate of drug-likeness (QED) is 0.326. The molecule has 0 aliphatic rings. The van der Waals surface area contributed by atoms with E-state index in [0.29, 0.717) is 22.3 Å². The summed E-state index contributed by atoms with van der Waals surface area (Å²) in [6.45, 7) is 3.68. The van der Waals surface area contributed by atoms with E-state index in [0.717, 1.165) is 5.56 Å². The van der Waals surface area contributed by atoms with Gasteiger partial charge in [0.2, 0.25) is 5.16 Å². The maximum Gasteiger partial charge on any atom is 0.273 e. The number of aryl methyl sites for hydroxylation is 1. The number of nitro groups is 1. The fourth-order valence-corrected chi connectivity index (χ4v) is 3.31. The van der Waals surface area contributed by atoms with Crippen LogP contribution in [0.4, 0.5) is 5.69 Å². The molecule has 124 valence electrons. The van der Waals surface area contributed by atoms with Crippen LogP contribution in [0.1, 0.15) is 23.5 Å². The Bertz CT molecular complexity index is 889. The molecule has 2 N–H and O–H groups in total. The fourth-order valence-electron chi connectivity index (χ4n) is 2.38. The van der Waals surface area contributed by atoms with Crippen molar-refractivity contribution in [1.82, 2.24) is 14.9 Å². The Hall–Kier alpha value is -2.81. The van der Waals surface area contributed by atoms with E-state index in [1.54, 1.807) is 30.5 Å². The number of hydrogen-bond acceptors (Lipinski definition) is 7. The van der Waals surface area contributed by atoms with E-state index < -0.39 is 0 Å². The average molecular weight is 345 g/mol. The van der Waals surface area contributed by atoms with Gasteiger partial charge in [-0.2, -0.15) is 0 Å². The zero-order valence-electron chi connectivity index (χ0n) is 13.0. The predicted molar refractivity (Wildman–Crippen MR) is 90.0 cm³/mol. The van der Waals surface area contributed by atoms with Gasteiger partial charge in [0.1, 0.15) is 5.76 Å². The molecule has 0 saturated heterocycles. The molecule has 8 nitrogen and oxygen atoms in total. The lowest BCUT2D eigenvalue weighted by Crippen LogP contribution is -2.12. The molecule has 1 unspecified atom stereocenters. The van der Waals surface area contributed by atoms with Crippen LogP contribution in [0.3, 0.4) is 0 Å². The highest BCUT2D eigenvalue weighted by atomic mass is 32.2. The molecule has 1 aromatic carbocycles. The lowest BCUT2D eigenvalue weighted by Gasteiger charge is -2.11. The number of hydrogen-bond donors (Lipinski definition) is 1. The van der Waals surface area contributed by atoms with Gasteiger partial charge in [-0.25, -0.2) is 4.68 Å². The van der Waals surface area contributed by atoms with Crippen LogP contribution in [0.5, 0.6) is 0 Å². The maximum atomic E-state index is 11.2. The summed E-state index contributed by atoms with van der Waals surface area (Å²) in [6.07, 6.45) is 1.56. The molecule has 3 aromatic rings. The first kappa shape index (κ1) is 16.1. The van der Waals surface area contributed by atoms with Crippen LogP contribution >= 0.6 is 11.8 Å². The lowest BCUT2D eigenvalue weighted by molar-refractivity contribution is -0.385. The second-order valence-corrected chi connectivity index (χ2v) is 6.45. The summed E-state index contributed by atoms with van der Waals surface area (Å²) in [5.41, 5.74) is 1.44. The van der Waals surface area contributed by atoms with Gasteiger partial charge in [0.15, 0.2) is 5.82 Å². The molecule has 1 atom stereocenters. The smallest absolute Gasteiger partial charge is 0.273 e. The molecule has 0 aliphatic carbocycles. The van der Waals surface area contributed by atoms with Gasteiger partial charge in [-0.1, -0.05) is 30.0 Å². The molecule has 0 spiro atoms. The molecule has 24 heavy (non-hydrogen) atoms. The zero-order chi connectivity index (χ0) is 17.3. The van der Waals surface area contributed by atoms with E-state index in [2.05, 4.69) is 10.2 Å². The third kappa shape index (κ3) is 2.85. The Labute approximate surface area is 141 Å². The van der Waals surface area contributed by atoms with Crippen molar-refractivity contribution < 1.29 is 9.34 Å². The summed E-state index contributed by atoms with van der Waals surface area (Å²) in [5.74, 6) is 7.26. The second kappa shape index (κ2) is 6.36. The first-order chi connectivity index (χ1) is 11.5. The molecule has 0 saturated carbocycles. The summed E-state index contributed by atoms with van der Waals surface area (Å²) in [6, 6.07) is 8.40. The number of nitrogens with two attached hydrogens (primary N) is 1. The molecule has 9 heteroatoms. The number of thioether (sulfide) groups is 1. The Morgan fingerprint density at radius 1 is 1.33 bits per heavy atom. The Balaban J connectivity index is 1.89. The van der Waals surface area contributed by atoms with Crippen molar-refractivity contribution in [2.45, 2.75) is 24.3 Å². The highest BCUT2D eigenvalue weighted by molar-refractivity contribution is 7.99. The van der Waals surface area contributed by atoms with E-state index in [4.69, 9.17) is 10.3 Å². The molecule has 3 rings (SSSR count). The molecule has 2 aromatic heterocycles. The van der Waals surface area contributed by atoms with Crippen LogP contribution in [-0.2, 0) is 0 Å². The van der Waals surface area contributed by atoms with Gasteiger partial charge in [0, 0.05) is 16.9 Å². The first-order valence-electron chi connectivity index (χ1n) is 7.14. The van der Waals surface area contributed by atoms with Crippen LogP contribution in [0.2, 0.25) is 0 Å². The minimum atomic E-state index is -0.389. The number of nitrogens with zero attached hydrogens (tertiary/aromatic N) is 4. The lowest BCUT2D eigenvalue weighted by atomic mass is 10.1. The number of benzene rings is 1. The highest BCUT2D eigenvalue weighted by Gasteiger charge is 2.22. The molecule has 0 fully saturated rings. The van der Waals surface area contributed by atoms with Crippen LogP contribution < -0.4 is 5.84 Å². The standard InChI is InChI=1S/C15H15N5O3S/c1-9-11(7-8-23-9)14-17-18-15(19(14)16)24-10(2)12-5-3-4-6-13(12)20(21)22/h3-8,10H,16H2,1-2H3. The van der Waals surface area contributed by atoms with Crippen LogP contribution in [-0.4, -0.2) is 19.8 Å². The minimum Gasteiger partial charge on any atom is -0.469 e. The summed E-state index contributed by atoms with van der Waals surface area (Å²) >= 11 is 1.31. The Morgan fingerprint density at radius 3 is 2.75 bits per heavy atom. The maximum absolute atomic E-state index is 11.2. The fraction of sp³-hybridized carbons (Fsp3) is 0.200. The van der Waals surface area contributed by atoms with Crippen LogP contribution in [0.25, 0.3) is 11.4 Å². The van der Waals surface area contributed by atoms with Crippen LogP contribution in [0.15, 0.2) is 46.2 Å². The van der Waals surface area contributed by atoms with Crippen molar-refractivity contribution in [1.29, 1.82) is 0 Å². The van der Waals surface area contributed by atoms with E-state index >= 15 is 0 Å². The van der Waals surface area contributed by atoms with Crippen molar-refractivity contribution in [3.8, 4) is 11.4 Å². The number of nitro benzene ring substituents is 1. The van der Waals surface area contributed by atoms with Crippen LogP contribution in [0, 0.1) is 17.0 Å². The summed E-state index contributed by atoms with van der Waals surface area (Å²) in [7, 11) is 0. The summed E-state index contributed by atoms with van der Waals surface area (Å²) in [4.78, 5) is 10.8. The van der Waals surface area contributed by atoms with Gasteiger partial charge < -0.3 is 10.3 Å². The molecule has 0 amide bonds. The number of nitrogen functional groups attached to an aromatic ring is 1. The summed E-state index contributed by atoms with van der Waals surface area (Å²) in [5, 5.41) is 19.6. The van der Waals surface area contributed by atoms with Gasteiger partial charge in [-0.15, -0.1) is 10.2 Å². The van der Waals surface area contributed by atoms with Crippen molar-refractivity contribution in [2.75, 3.05) is 5.84 Å². The van der Waals surface area contributed by atoms with E-state index in [1.807, 2.05) is 13.8 Å². The van der Waals surface area contributed by atoms with Crippen molar-refractivity contribution in [3.63, 3.8) is 0 Å². The SMILES string of the molecule is Cc1occc1-c1nnc(SC(C)c2ccccc2[N+](=O)[O-])n1N. The summed E-state index contributed by atoms with van der Waals surface area (Å²) < 4.78 is 6.63. The molecule has 0 radical (unpaired) electrons. The van der Waals surface area contributed by atoms with Crippen molar-refractivity contribution >= 4 is 17.4 Å². The number of furan rings is 1. The van der Waals surface area contributed by atoms with Gasteiger partial charge in [0.25, 0.3) is 5.69 Å². The monoisotopic (exact) mass is 345 g/mol. The minimum absolute atomic E-state index is 0.0755. The average Bonchev–Trinajstić information content (AvgIpc) is 3.13. The van der Waals surface area contributed by atoms with E-state index in [-0.39, 0.29) is 15.9 Å². The highest BCUT2D eigenvalue weighted by Crippen LogP contribution is 2.38.